The number of thioether (sulfide) groups is 1. The molecule has 11 heavy (non-hydrogen) atoms. The molecule has 1 rings (SSSR count). The molecule has 0 N–H and O–H groups in total. The zero-order valence-corrected chi connectivity index (χ0v) is 8.36. The molecular formula is C8H8BrNS. The van der Waals surface area contributed by atoms with Gasteiger partial charge in [-0.2, -0.15) is 0 Å². The smallest absolute Gasteiger partial charge is 0.110 e. The summed E-state index contributed by atoms with van der Waals surface area (Å²) in [5.74, 6) is 0.898. The maximum Gasteiger partial charge on any atom is 0.110 e. The first-order valence-corrected chi connectivity index (χ1v) is 4.96. The van der Waals surface area contributed by atoms with E-state index < -0.39 is 0 Å². The molecule has 3 heteroatoms. The predicted molar refractivity (Wildman–Crippen MR) is 52.9 cm³/mol. The van der Waals surface area contributed by atoms with Crippen LogP contribution in [0.2, 0.25) is 0 Å². The van der Waals surface area contributed by atoms with Crippen LogP contribution in [0.4, 0.5) is 0 Å². The Hall–Kier alpha value is -0.280. The summed E-state index contributed by atoms with van der Waals surface area (Å²) in [6, 6.07) is 3.89. The molecule has 0 aliphatic rings. The van der Waals surface area contributed by atoms with Gasteiger partial charge in [-0.25, -0.2) is 4.98 Å². The largest absolute Gasteiger partial charge is 0.249 e. The maximum atomic E-state index is 4.18. The van der Waals surface area contributed by atoms with Crippen molar-refractivity contribution in [3.05, 3.63) is 35.5 Å². The number of nitrogens with zero attached hydrogens (tertiary/aromatic N) is 1. The lowest BCUT2D eigenvalue weighted by atomic mass is 10.5. The fourth-order valence-electron chi connectivity index (χ4n) is 0.615. The van der Waals surface area contributed by atoms with Crippen LogP contribution in [0.25, 0.3) is 0 Å². The summed E-state index contributed by atoms with van der Waals surface area (Å²) in [5, 5.41) is 1.02. The minimum absolute atomic E-state index is 0.898. The van der Waals surface area contributed by atoms with Gasteiger partial charge in [-0.1, -0.05) is 6.08 Å². The first-order valence-electron chi connectivity index (χ1n) is 3.19. The zero-order valence-electron chi connectivity index (χ0n) is 5.96. The second-order valence-corrected chi connectivity index (χ2v) is 3.75. The van der Waals surface area contributed by atoms with Gasteiger partial charge in [0.1, 0.15) is 5.03 Å². The van der Waals surface area contributed by atoms with Gasteiger partial charge in [0.2, 0.25) is 0 Å². The zero-order chi connectivity index (χ0) is 8.10. The van der Waals surface area contributed by atoms with Crippen LogP contribution >= 0.6 is 27.7 Å². The van der Waals surface area contributed by atoms with Gasteiger partial charge in [-0.3, -0.25) is 0 Å². The highest BCUT2D eigenvalue weighted by Crippen LogP contribution is 2.23. The second kappa shape index (κ2) is 4.57. The molecule has 0 aliphatic carbocycles. The third-order valence-electron chi connectivity index (χ3n) is 1.06. The average Bonchev–Trinajstić information content (AvgIpc) is 2.03. The Balaban J connectivity index is 2.69. The van der Waals surface area contributed by atoms with Crippen LogP contribution in [0, 0.1) is 0 Å². The Kier molecular flexibility index (Phi) is 3.66. The van der Waals surface area contributed by atoms with Crippen LogP contribution < -0.4 is 0 Å². The molecule has 1 nitrogen and oxygen atoms in total. The van der Waals surface area contributed by atoms with Gasteiger partial charge in [-0.15, -0.1) is 18.3 Å². The minimum atomic E-state index is 0.898. The van der Waals surface area contributed by atoms with E-state index in [1.165, 1.54) is 0 Å². The summed E-state index contributed by atoms with van der Waals surface area (Å²) in [6.45, 7) is 3.64. The van der Waals surface area contributed by atoms with Crippen molar-refractivity contribution in [1.29, 1.82) is 0 Å². The van der Waals surface area contributed by atoms with E-state index in [9.17, 15) is 0 Å². The summed E-state index contributed by atoms with van der Waals surface area (Å²) < 4.78 is 1.05. The third kappa shape index (κ3) is 2.67. The first kappa shape index (κ1) is 8.81. The van der Waals surface area contributed by atoms with Crippen molar-refractivity contribution in [2.24, 2.45) is 0 Å². The van der Waals surface area contributed by atoms with Crippen LogP contribution in [-0.4, -0.2) is 10.7 Å². The van der Waals surface area contributed by atoms with Gasteiger partial charge in [0.05, 0.1) is 0 Å². The Morgan fingerprint density at radius 1 is 1.73 bits per heavy atom. The van der Waals surface area contributed by atoms with Crippen molar-refractivity contribution in [2.45, 2.75) is 5.03 Å². The predicted octanol–water partition coefficient (Wildman–Crippen LogP) is 3.12. The van der Waals surface area contributed by atoms with E-state index >= 15 is 0 Å². The van der Waals surface area contributed by atoms with Gasteiger partial charge in [0.15, 0.2) is 0 Å². The van der Waals surface area contributed by atoms with E-state index in [0.29, 0.717) is 0 Å². The van der Waals surface area contributed by atoms with E-state index in [1.54, 1.807) is 18.0 Å². The molecule has 0 amide bonds. The SMILES string of the molecule is C=CCSc1ncccc1Br. The number of hydrogen-bond acceptors (Lipinski definition) is 2. The molecule has 0 radical (unpaired) electrons. The molecule has 0 bridgehead atoms. The highest BCUT2D eigenvalue weighted by atomic mass is 79.9. The number of rotatable bonds is 3. The number of hydrogen-bond donors (Lipinski definition) is 0. The molecule has 1 aromatic rings. The quantitative estimate of drug-likeness (QED) is 0.584. The summed E-state index contributed by atoms with van der Waals surface area (Å²) in [4.78, 5) is 4.18. The van der Waals surface area contributed by atoms with Crippen molar-refractivity contribution in [2.75, 3.05) is 5.75 Å². The molecule has 0 unspecified atom stereocenters. The Bertz CT molecular complexity index is 250. The molecule has 1 heterocycles. The van der Waals surface area contributed by atoms with Crippen molar-refractivity contribution < 1.29 is 0 Å². The summed E-state index contributed by atoms with van der Waals surface area (Å²) in [7, 11) is 0. The first-order chi connectivity index (χ1) is 5.34. The molecule has 1 aromatic heterocycles. The van der Waals surface area contributed by atoms with E-state index in [1.807, 2.05) is 18.2 Å². The standard InChI is InChI=1S/C8H8BrNS/c1-2-6-11-8-7(9)4-3-5-10-8/h2-5H,1,6H2. The molecule has 0 atom stereocenters. The van der Waals surface area contributed by atoms with Crippen LogP contribution in [0.5, 0.6) is 0 Å². The normalized spacial score (nSPS) is 9.55. The van der Waals surface area contributed by atoms with Crippen LogP contribution in [0.15, 0.2) is 40.5 Å². The van der Waals surface area contributed by atoms with Crippen molar-refractivity contribution in [3.8, 4) is 0 Å². The van der Waals surface area contributed by atoms with Crippen LogP contribution in [-0.2, 0) is 0 Å². The van der Waals surface area contributed by atoms with Gasteiger partial charge in [-0.05, 0) is 28.1 Å². The summed E-state index contributed by atoms with van der Waals surface area (Å²) in [6.07, 6.45) is 3.65. The number of pyridine rings is 1. The molecule has 0 aliphatic heterocycles. The van der Waals surface area contributed by atoms with Crippen molar-refractivity contribution >= 4 is 27.7 Å². The maximum absolute atomic E-state index is 4.18. The van der Waals surface area contributed by atoms with Gasteiger partial charge >= 0.3 is 0 Å². The highest BCUT2D eigenvalue weighted by Gasteiger charge is 1.97. The molecule has 0 spiro atoms. The van der Waals surface area contributed by atoms with Gasteiger partial charge in [0, 0.05) is 16.4 Å². The number of halogens is 1. The topological polar surface area (TPSA) is 12.9 Å². The van der Waals surface area contributed by atoms with Crippen molar-refractivity contribution in [1.82, 2.24) is 4.98 Å². The Morgan fingerprint density at radius 3 is 3.18 bits per heavy atom. The molecule has 58 valence electrons. The molecule has 0 saturated heterocycles. The van der Waals surface area contributed by atoms with E-state index in [2.05, 4.69) is 27.5 Å². The summed E-state index contributed by atoms with van der Waals surface area (Å²) in [5.41, 5.74) is 0. The fourth-order valence-corrected chi connectivity index (χ4v) is 1.83. The van der Waals surface area contributed by atoms with E-state index in [4.69, 9.17) is 0 Å². The fraction of sp³-hybridized carbons (Fsp3) is 0.125. The lowest BCUT2D eigenvalue weighted by Gasteiger charge is -1.98. The molecular weight excluding hydrogens is 222 g/mol. The average molecular weight is 230 g/mol. The van der Waals surface area contributed by atoms with Crippen molar-refractivity contribution in [3.63, 3.8) is 0 Å². The molecule has 0 aromatic carbocycles. The minimum Gasteiger partial charge on any atom is -0.249 e. The Morgan fingerprint density at radius 2 is 2.55 bits per heavy atom. The third-order valence-corrected chi connectivity index (χ3v) is 2.97. The van der Waals surface area contributed by atoms with Gasteiger partial charge < -0.3 is 0 Å². The lowest BCUT2D eigenvalue weighted by Crippen LogP contribution is -1.80. The summed E-state index contributed by atoms with van der Waals surface area (Å²) >= 11 is 5.08. The van der Waals surface area contributed by atoms with Crippen LogP contribution in [0.1, 0.15) is 0 Å². The van der Waals surface area contributed by atoms with E-state index in [0.717, 1.165) is 15.3 Å². The van der Waals surface area contributed by atoms with Crippen LogP contribution in [0.3, 0.4) is 0 Å². The second-order valence-electron chi connectivity index (χ2n) is 1.89. The Labute approximate surface area is 79.0 Å². The number of aromatic nitrogens is 1. The lowest BCUT2D eigenvalue weighted by molar-refractivity contribution is 1.11. The highest BCUT2D eigenvalue weighted by molar-refractivity contribution is 9.10. The van der Waals surface area contributed by atoms with Gasteiger partial charge in [0.25, 0.3) is 0 Å². The molecule has 0 fully saturated rings. The molecule has 0 saturated carbocycles. The van der Waals surface area contributed by atoms with E-state index in [-0.39, 0.29) is 0 Å². The monoisotopic (exact) mass is 229 g/mol.